The molecule has 1 heterocycles. The second-order valence-electron chi connectivity index (χ2n) is 6.67. The summed E-state index contributed by atoms with van der Waals surface area (Å²) in [6.45, 7) is 2.87. The zero-order valence-electron chi connectivity index (χ0n) is 16.7. The number of anilines is 1. The van der Waals surface area contributed by atoms with E-state index in [1.165, 1.54) is 16.3 Å². The summed E-state index contributed by atoms with van der Waals surface area (Å²) in [6.07, 6.45) is 0.660. The Morgan fingerprint density at radius 3 is 2.77 bits per heavy atom. The van der Waals surface area contributed by atoms with Gasteiger partial charge in [0, 0.05) is 31.0 Å². The Kier molecular flexibility index (Phi) is 7.73. The van der Waals surface area contributed by atoms with Gasteiger partial charge in [0.05, 0.1) is 0 Å². The molecule has 0 aliphatic carbocycles. The Hall–Kier alpha value is -2.55. The van der Waals surface area contributed by atoms with Gasteiger partial charge in [0.25, 0.3) is 0 Å². The number of H-pyrrole nitrogens is 1. The number of nitrogens with one attached hydrogen (secondary N) is 2. The quantitative estimate of drug-likeness (QED) is 0.382. The first kappa shape index (κ1) is 22.1. The summed E-state index contributed by atoms with van der Waals surface area (Å²) in [6, 6.07) is 14.8. The number of halogens is 1. The Labute approximate surface area is 183 Å². The molecule has 1 unspecified atom stereocenters. The van der Waals surface area contributed by atoms with E-state index in [1.54, 1.807) is 19.2 Å². The lowest BCUT2D eigenvalue weighted by atomic mass is 10.1. The van der Waals surface area contributed by atoms with Crippen molar-refractivity contribution in [1.29, 1.82) is 0 Å². The topological polar surface area (TPSA) is 89.0 Å². The molecule has 0 fully saturated rings. The zero-order valence-corrected chi connectivity index (χ0v) is 18.3. The van der Waals surface area contributed by atoms with Crippen molar-refractivity contribution in [3.8, 4) is 0 Å². The molecule has 1 atom stereocenters. The summed E-state index contributed by atoms with van der Waals surface area (Å²) in [5.74, 6) is -0.231. The van der Waals surface area contributed by atoms with Crippen molar-refractivity contribution in [1.82, 2.24) is 14.8 Å². The number of carbonyl (C=O) groups excluding carboxylic acids is 1. The fourth-order valence-electron chi connectivity index (χ4n) is 2.84. The Morgan fingerprint density at radius 1 is 1.30 bits per heavy atom. The predicted molar refractivity (Wildman–Crippen MR) is 119 cm³/mol. The van der Waals surface area contributed by atoms with Crippen LogP contribution in [0.2, 0.25) is 5.02 Å². The van der Waals surface area contributed by atoms with Crippen LogP contribution in [0, 0.1) is 6.92 Å². The van der Waals surface area contributed by atoms with Crippen LogP contribution < -0.4 is 11.0 Å². The summed E-state index contributed by atoms with van der Waals surface area (Å²) in [7, 11) is 1.61. The van der Waals surface area contributed by atoms with E-state index in [0.717, 1.165) is 11.1 Å². The van der Waals surface area contributed by atoms with E-state index in [9.17, 15) is 9.59 Å². The van der Waals surface area contributed by atoms with Crippen molar-refractivity contribution in [3.63, 3.8) is 0 Å². The van der Waals surface area contributed by atoms with Crippen molar-refractivity contribution in [2.75, 3.05) is 19.0 Å². The first-order valence-electron chi connectivity index (χ1n) is 9.42. The van der Waals surface area contributed by atoms with Gasteiger partial charge >= 0.3 is 5.69 Å². The number of carbonyl (C=O) groups is 1. The van der Waals surface area contributed by atoms with Gasteiger partial charge in [0.2, 0.25) is 5.91 Å². The molecule has 7 nitrogen and oxygen atoms in total. The van der Waals surface area contributed by atoms with E-state index in [2.05, 4.69) is 15.5 Å². The normalized spacial score (nSPS) is 12.0. The summed E-state index contributed by atoms with van der Waals surface area (Å²) < 4.78 is 6.59. The smallest absolute Gasteiger partial charge is 0.343 e. The fraction of sp³-hybridized carbons (Fsp3) is 0.286. The molecular formula is C21H23ClN4O3S. The molecule has 158 valence electrons. The lowest BCUT2D eigenvalue weighted by Crippen LogP contribution is -2.21. The van der Waals surface area contributed by atoms with Crippen molar-refractivity contribution in [2.45, 2.75) is 30.3 Å². The van der Waals surface area contributed by atoms with Gasteiger partial charge in [-0.05, 0) is 36.6 Å². The average Bonchev–Trinajstić information content (AvgIpc) is 3.09. The van der Waals surface area contributed by atoms with Gasteiger partial charge in [-0.25, -0.2) is 9.89 Å². The van der Waals surface area contributed by atoms with Gasteiger partial charge in [0.1, 0.15) is 5.25 Å². The molecule has 0 saturated heterocycles. The monoisotopic (exact) mass is 446 g/mol. The third kappa shape index (κ3) is 5.53. The number of aromatic amines is 1. The Balaban J connectivity index is 1.86. The maximum Gasteiger partial charge on any atom is 0.343 e. The Morgan fingerprint density at radius 2 is 2.07 bits per heavy atom. The molecule has 0 saturated carbocycles. The fourth-order valence-corrected chi connectivity index (χ4v) is 4.09. The van der Waals surface area contributed by atoms with Gasteiger partial charge in [-0.1, -0.05) is 59.8 Å². The van der Waals surface area contributed by atoms with Gasteiger partial charge in [-0.3, -0.25) is 9.36 Å². The highest BCUT2D eigenvalue weighted by molar-refractivity contribution is 8.00. The third-order valence-corrected chi connectivity index (χ3v) is 6.11. The number of thioether (sulfide) groups is 1. The standard InChI is InChI=1S/C21H23ClN4O3S/c1-14-9-10-16(13-17(14)22)23-19(27)18(15-7-4-3-5-8-15)30-21-25-24-20(28)26(21)11-6-12-29-2/h3-5,7-10,13,18H,6,11-12H2,1-2H3,(H,23,27)(H,24,28). The van der Waals surface area contributed by atoms with E-state index < -0.39 is 5.25 Å². The predicted octanol–water partition coefficient (Wildman–Crippen LogP) is 4.04. The number of aryl methyl sites for hydroxylation is 1. The minimum Gasteiger partial charge on any atom is -0.385 e. The maximum absolute atomic E-state index is 13.2. The molecule has 0 aliphatic heterocycles. The van der Waals surface area contributed by atoms with Crippen LogP contribution in [-0.2, 0) is 16.1 Å². The summed E-state index contributed by atoms with van der Waals surface area (Å²) in [5, 5.41) is 9.93. The van der Waals surface area contributed by atoms with Crippen LogP contribution in [0.3, 0.4) is 0 Å². The number of hydrogen-bond donors (Lipinski definition) is 2. The Bertz CT molecular complexity index is 1050. The van der Waals surface area contributed by atoms with Crippen LogP contribution in [0.25, 0.3) is 0 Å². The lowest BCUT2D eigenvalue weighted by Gasteiger charge is -2.17. The van der Waals surface area contributed by atoms with Crippen molar-refractivity contribution < 1.29 is 9.53 Å². The summed E-state index contributed by atoms with van der Waals surface area (Å²) >= 11 is 7.41. The number of ether oxygens (including phenoxy) is 1. The molecule has 2 aromatic carbocycles. The number of rotatable bonds is 9. The van der Waals surface area contributed by atoms with Crippen molar-refractivity contribution >= 4 is 35.0 Å². The van der Waals surface area contributed by atoms with E-state index in [0.29, 0.717) is 35.4 Å². The molecule has 2 N–H and O–H groups in total. The van der Waals surface area contributed by atoms with Crippen molar-refractivity contribution in [3.05, 3.63) is 75.2 Å². The van der Waals surface area contributed by atoms with Crippen LogP contribution in [0.1, 0.15) is 22.8 Å². The van der Waals surface area contributed by atoms with Crippen LogP contribution in [0.15, 0.2) is 58.5 Å². The summed E-state index contributed by atoms with van der Waals surface area (Å²) in [4.78, 5) is 25.3. The second kappa shape index (κ2) is 10.5. The molecule has 1 aromatic heterocycles. The highest BCUT2D eigenvalue weighted by Crippen LogP contribution is 2.35. The van der Waals surface area contributed by atoms with Gasteiger partial charge < -0.3 is 10.1 Å². The molecule has 3 aromatic rings. The molecule has 1 amide bonds. The third-order valence-electron chi connectivity index (χ3n) is 4.46. The molecule has 0 aliphatic rings. The van der Waals surface area contributed by atoms with E-state index >= 15 is 0 Å². The number of benzene rings is 2. The van der Waals surface area contributed by atoms with Gasteiger partial charge in [-0.15, -0.1) is 5.10 Å². The molecular weight excluding hydrogens is 424 g/mol. The summed E-state index contributed by atoms with van der Waals surface area (Å²) in [5.41, 5.74) is 2.03. The molecule has 0 bridgehead atoms. The SMILES string of the molecule is COCCCn1c(SC(C(=O)Nc2ccc(C)c(Cl)c2)c2ccccc2)n[nH]c1=O. The largest absolute Gasteiger partial charge is 0.385 e. The van der Waals surface area contributed by atoms with Crippen LogP contribution in [0.5, 0.6) is 0 Å². The van der Waals surface area contributed by atoms with Gasteiger partial charge in [-0.2, -0.15) is 0 Å². The van der Waals surface area contributed by atoms with E-state index in [-0.39, 0.29) is 11.6 Å². The number of methoxy groups -OCH3 is 1. The number of aromatic nitrogens is 3. The molecule has 3 rings (SSSR count). The number of amides is 1. The number of nitrogens with zero attached hydrogens (tertiary/aromatic N) is 2. The lowest BCUT2D eigenvalue weighted by molar-refractivity contribution is -0.115. The number of hydrogen-bond acceptors (Lipinski definition) is 5. The molecule has 30 heavy (non-hydrogen) atoms. The van der Waals surface area contributed by atoms with E-state index in [4.69, 9.17) is 16.3 Å². The van der Waals surface area contributed by atoms with Crippen LogP contribution >= 0.6 is 23.4 Å². The maximum atomic E-state index is 13.2. The minimum absolute atomic E-state index is 0.231. The molecule has 0 radical (unpaired) electrons. The average molecular weight is 447 g/mol. The first-order valence-corrected chi connectivity index (χ1v) is 10.7. The van der Waals surface area contributed by atoms with Gasteiger partial charge in [0.15, 0.2) is 5.16 Å². The highest BCUT2D eigenvalue weighted by atomic mass is 35.5. The highest BCUT2D eigenvalue weighted by Gasteiger charge is 2.25. The van der Waals surface area contributed by atoms with Crippen LogP contribution in [0.4, 0.5) is 5.69 Å². The molecule has 9 heteroatoms. The molecule has 0 spiro atoms. The van der Waals surface area contributed by atoms with E-state index in [1.807, 2.05) is 43.3 Å². The first-order chi connectivity index (χ1) is 14.5. The second-order valence-corrected chi connectivity index (χ2v) is 8.15. The minimum atomic E-state index is -0.609. The van der Waals surface area contributed by atoms with Crippen LogP contribution in [-0.4, -0.2) is 34.4 Å². The van der Waals surface area contributed by atoms with Crippen molar-refractivity contribution in [2.24, 2.45) is 0 Å². The zero-order chi connectivity index (χ0) is 21.5.